The van der Waals surface area contributed by atoms with Gasteiger partial charge >= 0.3 is 0 Å². The molecule has 0 unspecified atom stereocenters. The first kappa shape index (κ1) is 19.7. The van der Waals surface area contributed by atoms with Crippen molar-refractivity contribution in [3.8, 4) is 23.1 Å². The first-order valence-corrected chi connectivity index (χ1v) is 10.3. The summed E-state index contributed by atoms with van der Waals surface area (Å²) in [6.07, 6.45) is 1.59. The summed E-state index contributed by atoms with van der Waals surface area (Å²) in [5.41, 5.74) is 1.09. The maximum absolute atomic E-state index is 11.4. The molecule has 0 bridgehead atoms. The van der Waals surface area contributed by atoms with E-state index in [2.05, 4.69) is 11.1 Å². The summed E-state index contributed by atoms with van der Waals surface area (Å²) in [7, 11) is 1.45. The monoisotopic (exact) mass is 435 g/mol. The molecule has 30 heavy (non-hydrogen) atoms. The number of ether oxygens (including phenoxy) is 1. The minimum absolute atomic E-state index is 0.122. The number of hydrogen-bond acceptors (Lipinski definition) is 8. The van der Waals surface area contributed by atoms with Crippen molar-refractivity contribution in [3.63, 3.8) is 0 Å². The third kappa shape index (κ3) is 4.05. The topological polar surface area (TPSA) is 102 Å². The summed E-state index contributed by atoms with van der Waals surface area (Å²) < 4.78 is 12.6. The van der Waals surface area contributed by atoms with Crippen molar-refractivity contribution in [3.05, 3.63) is 75.4 Å². The number of thioether (sulfide) groups is 1. The van der Waals surface area contributed by atoms with Crippen LogP contribution >= 0.6 is 23.1 Å². The Bertz CT molecular complexity index is 1280. The Hall–Kier alpha value is -3.61. The largest absolute Gasteiger partial charge is 0.497 e. The fourth-order valence-corrected chi connectivity index (χ4v) is 4.73. The first-order valence-electron chi connectivity index (χ1n) is 8.65. The Labute approximate surface area is 179 Å². The molecule has 2 aromatic carbocycles. The molecule has 2 heterocycles. The number of para-hydroxylation sites is 1. The average Bonchev–Trinajstić information content (AvgIpc) is 3.39. The molecule has 4 aromatic rings. The maximum atomic E-state index is 11.4. The van der Waals surface area contributed by atoms with E-state index in [4.69, 9.17) is 9.15 Å². The van der Waals surface area contributed by atoms with E-state index in [9.17, 15) is 15.4 Å². The lowest BCUT2D eigenvalue weighted by Gasteiger charge is -2.03. The van der Waals surface area contributed by atoms with Gasteiger partial charge in [0.25, 0.3) is 5.69 Å². The molecule has 0 amide bonds. The Morgan fingerprint density at radius 1 is 1.30 bits per heavy atom. The van der Waals surface area contributed by atoms with Gasteiger partial charge in [-0.3, -0.25) is 10.1 Å². The van der Waals surface area contributed by atoms with Crippen LogP contribution in [-0.2, 0) is 0 Å². The van der Waals surface area contributed by atoms with Gasteiger partial charge in [-0.1, -0.05) is 12.1 Å². The predicted octanol–water partition coefficient (Wildman–Crippen LogP) is 6.13. The molecule has 0 aliphatic carbocycles. The molecule has 0 spiro atoms. The van der Waals surface area contributed by atoms with E-state index in [-0.39, 0.29) is 5.69 Å². The number of nitrogens with zero attached hydrogens (tertiary/aromatic N) is 3. The van der Waals surface area contributed by atoms with Crippen molar-refractivity contribution in [2.45, 2.75) is 4.34 Å². The third-order valence-corrected chi connectivity index (χ3v) is 6.17. The van der Waals surface area contributed by atoms with Crippen molar-refractivity contribution >= 4 is 45.1 Å². The number of benzene rings is 2. The van der Waals surface area contributed by atoms with Crippen molar-refractivity contribution in [1.82, 2.24) is 4.98 Å². The number of nitro groups is 1. The van der Waals surface area contributed by atoms with Crippen LogP contribution in [-0.4, -0.2) is 17.0 Å². The summed E-state index contributed by atoms with van der Waals surface area (Å²) in [6.45, 7) is 0. The third-order valence-electron chi connectivity index (χ3n) is 4.15. The Kier molecular flexibility index (Phi) is 5.52. The van der Waals surface area contributed by atoms with E-state index in [1.54, 1.807) is 30.3 Å². The molecule has 0 atom stereocenters. The Morgan fingerprint density at radius 2 is 2.13 bits per heavy atom. The van der Waals surface area contributed by atoms with Gasteiger partial charge in [0.2, 0.25) is 0 Å². The van der Waals surface area contributed by atoms with Gasteiger partial charge in [0.05, 0.1) is 38.8 Å². The number of allylic oxidation sites excluding steroid dienone is 1. The lowest BCUT2D eigenvalue weighted by atomic mass is 10.1. The molecule has 0 saturated carbocycles. The van der Waals surface area contributed by atoms with Crippen molar-refractivity contribution in [2.75, 3.05) is 7.11 Å². The van der Waals surface area contributed by atoms with E-state index in [0.29, 0.717) is 27.7 Å². The number of aromatic nitrogens is 1. The summed E-state index contributed by atoms with van der Waals surface area (Å²) in [4.78, 5) is 15.8. The van der Waals surface area contributed by atoms with Gasteiger partial charge in [-0.2, -0.15) is 5.26 Å². The molecule has 0 N–H and O–H groups in total. The van der Waals surface area contributed by atoms with Crippen LogP contribution in [0.1, 0.15) is 5.76 Å². The minimum Gasteiger partial charge on any atom is -0.497 e. The molecule has 0 saturated heterocycles. The van der Waals surface area contributed by atoms with Crippen LogP contribution in [0.2, 0.25) is 0 Å². The van der Waals surface area contributed by atoms with E-state index in [1.807, 2.05) is 24.3 Å². The van der Waals surface area contributed by atoms with E-state index in [0.717, 1.165) is 14.6 Å². The highest BCUT2D eigenvalue weighted by molar-refractivity contribution is 8.05. The van der Waals surface area contributed by atoms with Crippen LogP contribution in [0, 0.1) is 21.4 Å². The number of thiazole rings is 1. The molecule has 0 aliphatic heterocycles. The molecule has 4 rings (SSSR count). The molecule has 9 heteroatoms. The Morgan fingerprint density at radius 3 is 2.87 bits per heavy atom. The predicted molar refractivity (Wildman–Crippen MR) is 116 cm³/mol. The second kappa shape index (κ2) is 8.41. The number of hydrogen-bond donors (Lipinski definition) is 0. The average molecular weight is 435 g/mol. The minimum atomic E-state index is -0.487. The molecular formula is C21H13N3O4S2. The summed E-state index contributed by atoms with van der Waals surface area (Å²) in [6, 6.07) is 17.8. The SMILES string of the molecule is COc1ccc(-c2ccc(/C=C(\C#N)Sc3nc4ccccc4s3)o2)c([N+](=O)[O-])c1. The highest BCUT2D eigenvalue weighted by Crippen LogP contribution is 2.37. The maximum Gasteiger partial charge on any atom is 0.284 e. The van der Waals surface area contributed by atoms with Crippen LogP contribution in [0.15, 0.2) is 68.3 Å². The second-order valence-corrected chi connectivity index (χ2v) is 8.33. The van der Waals surface area contributed by atoms with Gasteiger partial charge in [0, 0.05) is 6.08 Å². The van der Waals surface area contributed by atoms with E-state index < -0.39 is 4.92 Å². The van der Waals surface area contributed by atoms with Gasteiger partial charge in [-0.05, 0) is 48.2 Å². The van der Waals surface area contributed by atoms with Gasteiger partial charge in [-0.25, -0.2) is 4.98 Å². The number of fused-ring (bicyclic) bond motifs is 1. The quantitative estimate of drug-likeness (QED) is 0.155. The zero-order valence-corrected chi connectivity index (χ0v) is 17.2. The molecule has 7 nitrogen and oxygen atoms in total. The Balaban J connectivity index is 1.62. The number of nitriles is 1. The van der Waals surface area contributed by atoms with Crippen LogP contribution in [0.5, 0.6) is 5.75 Å². The van der Waals surface area contributed by atoms with Crippen molar-refractivity contribution in [1.29, 1.82) is 5.26 Å². The smallest absolute Gasteiger partial charge is 0.284 e. The fourth-order valence-electron chi connectivity index (χ4n) is 2.78. The molecule has 0 radical (unpaired) electrons. The molecular weight excluding hydrogens is 422 g/mol. The van der Waals surface area contributed by atoms with Crippen molar-refractivity contribution in [2.24, 2.45) is 0 Å². The standard InChI is InChI=1S/C21H13N3O4S2/c1-27-13-6-8-16(18(11-13)24(25)26)19-9-7-14(28-19)10-15(12-22)29-21-23-17-4-2-3-5-20(17)30-21/h2-11H,1H3/b15-10+. The number of rotatable bonds is 6. The first-order chi connectivity index (χ1) is 14.6. The van der Waals surface area contributed by atoms with Crippen LogP contribution < -0.4 is 4.74 Å². The number of nitro benzene ring substituents is 1. The summed E-state index contributed by atoms with van der Waals surface area (Å²) in [5.74, 6) is 1.13. The molecule has 2 aromatic heterocycles. The zero-order chi connectivity index (χ0) is 21.1. The lowest BCUT2D eigenvalue weighted by Crippen LogP contribution is -1.93. The van der Waals surface area contributed by atoms with Crippen LogP contribution in [0.3, 0.4) is 0 Å². The fraction of sp³-hybridized carbons (Fsp3) is 0.0476. The molecule has 0 fully saturated rings. The van der Waals surface area contributed by atoms with E-state index in [1.165, 1.54) is 36.3 Å². The summed E-state index contributed by atoms with van der Waals surface area (Å²) >= 11 is 2.75. The second-order valence-electron chi connectivity index (χ2n) is 6.01. The number of furan rings is 1. The molecule has 148 valence electrons. The normalized spacial score (nSPS) is 11.4. The van der Waals surface area contributed by atoms with Gasteiger partial charge < -0.3 is 9.15 Å². The summed E-state index contributed by atoms with van der Waals surface area (Å²) in [5, 5.41) is 20.9. The van der Waals surface area contributed by atoms with Gasteiger partial charge in [0.15, 0.2) is 4.34 Å². The van der Waals surface area contributed by atoms with Crippen molar-refractivity contribution < 1.29 is 14.1 Å². The lowest BCUT2D eigenvalue weighted by molar-refractivity contribution is -0.384. The van der Waals surface area contributed by atoms with Crippen LogP contribution in [0.4, 0.5) is 5.69 Å². The highest BCUT2D eigenvalue weighted by atomic mass is 32.2. The van der Waals surface area contributed by atoms with Gasteiger partial charge in [-0.15, -0.1) is 11.3 Å². The van der Waals surface area contributed by atoms with Gasteiger partial charge in [0.1, 0.15) is 23.3 Å². The van der Waals surface area contributed by atoms with Crippen LogP contribution in [0.25, 0.3) is 27.6 Å². The zero-order valence-electron chi connectivity index (χ0n) is 15.6. The number of methoxy groups -OCH3 is 1. The highest BCUT2D eigenvalue weighted by Gasteiger charge is 2.19. The molecule has 0 aliphatic rings. The van der Waals surface area contributed by atoms with E-state index >= 15 is 0 Å².